The van der Waals surface area contributed by atoms with E-state index in [1.54, 1.807) is 0 Å². The molecule has 25 heavy (non-hydrogen) atoms. The van der Waals surface area contributed by atoms with Crippen LogP contribution in [0, 0.1) is 0 Å². The minimum atomic E-state index is -1.23. The van der Waals surface area contributed by atoms with Gasteiger partial charge >= 0.3 is 77.0 Å². The minimum absolute atomic E-state index is 0. The number of hydrogen-bond donors (Lipinski definition) is 3. The van der Waals surface area contributed by atoms with Gasteiger partial charge in [-0.3, -0.25) is 9.59 Å². The van der Waals surface area contributed by atoms with Gasteiger partial charge in [0.1, 0.15) is 6.04 Å². The summed E-state index contributed by atoms with van der Waals surface area (Å²) in [5.41, 5.74) is 5.78. The van der Waals surface area contributed by atoms with Gasteiger partial charge in [-0.05, 0) is 30.2 Å². The number of carbonyl (C=O) groups excluding carboxylic acids is 2. The normalized spacial score (nSPS) is 11.0. The number of ether oxygens (including phenoxy) is 2. The number of carboxylic acid groups (broad SMARTS) is 1. The summed E-state index contributed by atoms with van der Waals surface area (Å²) in [5.74, 6) is -2.80. The van der Waals surface area contributed by atoms with Crippen molar-refractivity contribution in [3.63, 3.8) is 0 Å². The van der Waals surface area contributed by atoms with Gasteiger partial charge in [-0.2, -0.15) is 0 Å². The van der Waals surface area contributed by atoms with Crippen LogP contribution in [-0.4, -0.2) is 41.3 Å². The van der Waals surface area contributed by atoms with E-state index >= 15 is 0 Å². The van der Waals surface area contributed by atoms with Crippen LogP contribution in [0.2, 0.25) is 0 Å². The molecule has 8 nitrogen and oxygen atoms in total. The fourth-order valence-corrected chi connectivity index (χ4v) is 1.56. The van der Waals surface area contributed by atoms with E-state index < -0.39 is 23.9 Å². The number of carboxylic acids is 1. The second-order valence-corrected chi connectivity index (χ2v) is 4.54. The molecule has 1 atom stereocenters. The van der Waals surface area contributed by atoms with E-state index in [9.17, 15) is 19.5 Å². The Bertz CT molecular complexity index is 645. The number of nitrogens with two attached hydrogens (primary N) is 1. The smallest absolute Gasteiger partial charge is 1.00 e. The van der Waals surface area contributed by atoms with Crippen molar-refractivity contribution >= 4 is 24.0 Å². The Hall–Kier alpha value is -0.870. The molecule has 0 radical (unpaired) electrons. The van der Waals surface area contributed by atoms with Crippen LogP contribution in [0.1, 0.15) is 21.3 Å². The van der Waals surface area contributed by atoms with Gasteiger partial charge in [0, 0.05) is 12.5 Å². The molecule has 0 heterocycles. The number of hydrogen-bond acceptors (Lipinski definition) is 7. The van der Waals surface area contributed by atoms with Crippen molar-refractivity contribution in [2.24, 2.45) is 5.73 Å². The minimum Gasteiger partial charge on any atom is -1.00 e. The van der Waals surface area contributed by atoms with Crippen LogP contribution >= 0.6 is 0 Å². The van der Waals surface area contributed by atoms with Crippen molar-refractivity contribution in [3.05, 3.63) is 29.8 Å². The molecule has 1 aromatic carbocycles. The molecule has 0 unspecified atom stereocenters. The average molecular weight is 371 g/mol. The summed E-state index contributed by atoms with van der Waals surface area (Å²) in [6.45, 7) is 0. The topological polar surface area (TPSA) is 136 Å². The summed E-state index contributed by atoms with van der Waals surface area (Å²) in [6, 6.07) is 3.24. The zero-order valence-corrected chi connectivity index (χ0v) is 18.4. The third kappa shape index (κ3) is 10.0. The molecule has 4 N–H and O–H groups in total. The number of carbonyl (C=O) groups is 3. The first kappa shape index (κ1) is 26.4. The molecule has 0 saturated heterocycles. The number of aliphatic carboxylic acids is 1. The second kappa shape index (κ2) is 13.3. The maximum atomic E-state index is 11.5. The molecule has 0 aliphatic heterocycles. The summed E-state index contributed by atoms with van der Waals surface area (Å²) in [7, 11) is 1.39. The van der Waals surface area contributed by atoms with Crippen molar-refractivity contribution in [3.8, 4) is 11.5 Å². The molecule has 0 aliphatic carbocycles. The van der Waals surface area contributed by atoms with Crippen molar-refractivity contribution < 1.29 is 96.0 Å². The first-order chi connectivity index (χ1) is 10.8. The number of phenols is 1. The number of benzene rings is 1. The zero-order chi connectivity index (χ0) is 17.4. The Kier molecular flexibility index (Phi) is 14.1. The fraction of sp³-hybridized carbons (Fsp3) is 0.267. The van der Waals surface area contributed by atoms with Crippen LogP contribution in [0.15, 0.2) is 24.3 Å². The number of esters is 2. The zero-order valence-electron chi connectivity index (χ0n) is 16.4. The first-order valence-corrected chi connectivity index (χ1v) is 6.61. The second-order valence-electron chi connectivity index (χ2n) is 4.54. The number of phenolic OH excluding ortho intramolecular Hbond substituents is 1. The van der Waals surface area contributed by atoms with Gasteiger partial charge in [0.2, 0.25) is 0 Å². The van der Waals surface area contributed by atoms with E-state index in [2.05, 4.69) is 4.74 Å². The number of methoxy groups -OCH3 is 1. The summed E-state index contributed by atoms with van der Waals surface area (Å²) in [4.78, 5) is 33.3. The third-order valence-electron chi connectivity index (χ3n) is 2.81. The molecule has 0 amide bonds. The van der Waals surface area contributed by atoms with Crippen LogP contribution in [0.25, 0.3) is 6.08 Å². The molecule has 128 valence electrons. The Balaban J connectivity index is -0.000000661. The van der Waals surface area contributed by atoms with Gasteiger partial charge in [0.15, 0.2) is 11.5 Å². The summed E-state index contributed by atoms with van der Waals surface area (Å²) in [6.07, 6.45) is 2.00. The van der Waals surface area contributed by atoms with E-state index in [1.807, 2.05) is 0 Å². The van der Waals surface area contributed by atoms with E-state index in [0.29, 0.717) is 5.56 Å². The molecule has 0 spiro atoms. The Labute approximate surface area is 191 Å². The maximum Gasteiger partial charge on any atom is 1.00 e. The maximum absolute atomic E-state index is 11.5. The molecule has 0 saturated carbocycles. The van der Waals surface area contributed by atoms with Gasteiger partial charge < -0.3 is 28.3 Å². The van der Waals surface area contributed by atoms with Gasteiger partial charge in [-0.25, -0.2) is 4.79 Å². The molecular weight excluding hydrogens is 352 g/mol. The quantitative estimate of drug-likeness (QED) is 0.187. The van der Waals surface area contributed by atoms with Gasteiger partial charge in [-0.15, -0.1) is 0 Å². The molecule has 0 fully saturated rings. The molecule has 10 heteroatoms. The summed E-state index contributed by atoms with van der Waals surface area (Å²) < 4.78 is 9.41. The standard InChI is InChI=1S/C15H17NO7.2Na.2H/c1-22-12-8-9(2-5-11(12)17)3-6-13(18)23-14(19)7-4-10(16)15(20)21;;;;/h2-3,5-6,8,10,17H,4,7,16H2,1H3,(H,20,21);;;;/q;2*+1;2*-1/t10-;;;;/m0..../s1. The van der Waals surface area contributed by atoms with Gasteiger partial charge in [-0.1, -0.05) is 6.07 Å². The predicted octanol–water partition coefficient (Wildman–Crippen LogP) is -5.09. The van der Waals surface area contributed by atoms with Crippen LogP contribution in [0.4, 0.5) is 0 Å². The molecule has 1 rings (SSSR count). The molecular formula is C15H19NNa2O7. The predicted molar refractivity (Wildman–Crippen MR) is 81.9 cm³/mol. The molecule has 0 aliphatic rings. The average Bonchev–Trinajstić information content (AvgIpc) is 2.51. The van der Waals surface area contributed by atoms with Crippen LogP contribution in [-0.2, 0) is 19.1 Å². The number of aromatic hydroxyl groups is 1. The Morgan fingerprint density at radius 2 is 1.96 bits per heavy atom. The Morgan fingerprint density at radius 3 is 2.52 bits per heavy atom. The van der Waals surface area contributed by atoms with E-state index in [-0.39, 0.29) is 86.3 Å². The molecule has 0 bridgehead atoms. The van der Waals surface area contributed by atoms with E-state index in [0.717, 1.165) is 6.08 Å². The largest absolute Gasteiger partial charge is 1.00 e. The third-order valence-corrected chi connectivity index (χ3v) is 2.81. The van der Waals surface area contributed by atoms with Crippen LogP contribution < -0.4 is 69.6 Å². The summed E-state index contributed by atoms with van der Waals surface area (Å²) in [5, 5.41) is 18.0. The van der Waals surface area contributed by atoms with E-state index in [1.165, 1.54) is 31.4 Å². The van der Waals surface area contributed by atoms with Crippen LogP contribution in [0.3, 0.4) is 0 Å². The number of rotatable bonds is 7. The first-order valence-electron chi connectivity index (χ1n) is 6.61. The van der Waals surface area contributed by atoms with Crippen molar-refractivity contribution in [1.29, 1.82) is 0 Å². The molecule has 1 aromatic rings. The van der Waals surface area contributed by atoms with Crippen molar-refractivity contribution in [2.75, 3.05) is 7.11 Å². The SMILES string of the molecule is COc1cc(C=CC(=O)OC(=O)CC[C@H](N)C(=O)O)ccc1O.[H-].[H-].[Na+].[Na+]. The summed E-state index contributed by atoms with van der Waals surface area (Å²) >= 11 is 0. The molecule has 0 aromatic heterocycles. The van der Waals surface area contributed by atoms with E-state index in [4.69, 9.17) is 15.6 Å². The van der Waals surface area contributed by atoms with Gasteiger partial charge in [0.05, 0.1) is 7.11 Å². The monoisotopic (exact) mass is 371 g/mol. The van der Waals surface area contributed by atoms with Crippen LogP contribution in [0.5, 0.6) is 11.5 Å². The van der Waals surface area contributed by atoms with Crippen molar-refractivity contribution in [1.82, 2.24) is 0 Å². The fourth-order valence-electron chi connectivity index (χ4n) is 1.56. The van der Waals surface area contributed by atoms with Gasteiger partial charge in [0.25, 0.3) is 0 Å². The van der Waals surface area contributed by atoms with Crippen molar-refractivity contribution in [2.45, 2.75) is 18.9 Å². The Morgan fingerprint density at radius 1 is 1.32 bits per heavy atom.